The zero-order chi connectivity index (χ0) is 14.7. The standard InChI is InChI=1S/C13H16ClN3O2S/c1-16(2)5-6-17-11(10(19-3)8-15-17)12(18)13-9(14)4-7-20-13/h4,7-8H,5-6H2,1-3H3. The first-order valence-corrected chi connectivity index (χ1v) is 7.32. The number of nitrogens with zero attached hydrogens (tertiary/aromatic N) is 3. The number of ketones is 1. The van der Waals surface area contributed by atoms with E-state index in [2.05, 4.69) is 5.10 Å². The van der Waals surface area contributed by atoms with E-state index in [0.717, 1.165) is 6.54 Å². The largest absolute Gasteiger partial charge is 0.493 e. The number of rotatable bonds is 6. The van der Waals surface area contributed by atoms with Gasteiger partial charge in [-0.15, -0.1) is 11.3 Å². The van der Waals surface area contributed by atoms with E-state index in [0.29, 0.717) is 27.9 Å². The molecular formula is C13H16ClN3O2S. The maximum atomic E-state index is 12.6. The Balaban J connectivity index is 2.36. The Hall–Kier alpha value is -1.37. The molecule has 0 bridgehead atoms. The predicted molar refractivity (Wildman–Crippen MR) is 80.1 cm³/mol. The molecule has 0 aliphatic carbocycles. The summed E-state index contributed by atoms with van der Waals surface area (Å²) in [5.41, 5.74) is 0.443. The molecule has 0 aliphatic rings. The molecule has 2 aromatic rings. The molecule has 0 N–H and O–H groups in total. The molecule has 0 aromatic carbocycles. The van der Waals surface area contributed by atoms with Gasteiger partial charge >= 0.3 is 0 Å². The number of carbonyl (C=O) groups is 1. The van der Waals surface area contributed by atoms with E-state index in [9.17, 15) is 4.79 Å². The predicted octanol–water partition coefficient (Wildman–Crippen LogP) is 2.40. The summed E-state index contributed by atoms with van der Waals surface area (Å²) in [6.45, 7) is 1.39. The summed E-state index contributed by atoms with van der Waals surface area (Å²) in [6, 6.07) is 1.71. The lowest BCUT2D eigenvalue weighted by atomic mass is 10.2. The van der Waals surface area contributed by atoms with Gasteiger partial charge in [0.2, 0.25) is 5.78 Å². The average Bonchev–Trinajstić information content (AvgIpc) is 3.01. The Bertz CT molecular complexity index is 607. The molecule has 2 heterocycles. The van der Waals surface area contributed by atoms with Gasteiger partial charge in [-0.3, -0.25) is 9.48 Å². The zero-order valence-electron chi connectivity index (χ0n) is 11.6. The third-order valence-corrected chi connectivity index (χ3v) is 4.16. The highest BCUT2D eigenvalue weighted by molar-refractivity contribution is 7.13. The van der Waals surface area contributed by atoms with Crippen LogP contribution in [0.3, 0.4) is 0 Å². The van der Waals surface area contributed by atoms with E-state index in [1.165, 1.54) is 18.4 Å². The normalized spacial score (nSPS) is 11.1. The van der Waals surface area contributed by atoms with Crippen LogP contribution in [0.1, 0.15) is 15.4 Å². The lowest BCUT2D eigenvalue weighted by molar-refractivity contribution is 0.102. The van der Waals surface area contributed by atoms with Crippen molar-refractivity contribution in [2.75, 3.05) is 27.7 Å². The third-order valence-electron chi connectivity index (χ3n) is 2.82. The van der Waals surface area contributed by atoms with Crippen LogP contribution in [-0.2, 0) is 6.54 Å². The minimum atomic E-state index is -0.155. The van der Waals surface area contributed by atoms with Crippen molar-refractivity contribution >= 4 is 28.7 Å². The van der Waals surface area contributed by atoms with E-state index in [-0.39, 0.29) is 5.78 Å². The first kappa shape index (κ1) is 15.0. The molecule has 0 radical (unpaired) electrons. The number of aromatic nitrogens is 2. The van der Waals surface area contributed by atoms with Crippen molar-refractivity contribution in [2.24, 2.45) is 0 Å². The zero-order valence-corrected chi connectivity index (χ0v) is 13.2. The maximum Gasteiger partial charge on any atom is 0.226 e. The summed E-state index contributed by atoms with van der Waals surface area (Å²) in [7, 11) is 5.47. The SMILES string of the molecule is COc1cnn(CCN(C)C)c1C(=O)c1sccc1Cl. The first-order valence-electron chi connectivity index (χ1n) is 6.06. The summed E-state index contributed by atoms with van der Waals surface area (Å²) in [5.74, 6) is 0.316. The monoisotopic (exact) mass is 313 g/mol. The van der Waals surface area contributed by atoms with Gasteiger partial charge in [0, 0.05) is 6.54 Å². The fourth-order valence-electron chi connectivity index (χ4n) is 1.77. The molecular weight excluding hydrogens is 298 g/mol. The Kier molecular flexibility index (Phi) is 4.80. The van der Waals surface area contributed by atoms with Gasteiger partial charge in [0.1, 0.15) is 0 Å². The number of halogens is 1. The number of hydrogen-bond acceptors (Lipinski definition) is 5. The second kappa shape index (κ2) is 6.39. The maximum absolute atomic E-state index is 12.6. The van der Waals surface area contributed by atoms with Crippen molar-refractivity contribution in [1.82, 2.24) is 14.7 Å². The molecule has 0 saturated heterocycles. The van der Waals surface area contributed by atoms with E-state index in [1.807, 2.05) is 19.0 Å². The van der Waals surface area contributed by atoms with Gasteiger partial charge in [0.25, 0.3) is 0 Å². The first-order chi connectivity index (χ1) is 9.54. The minimum absolute atomic E-state index is 0.155. The summed E-state index contributed by atoms with van der Waals surface area (Å²) in [6.07, 6.45) is 1.56. The van der Waals surface area contributed by atoms with E-state index < -0.39 is 0 Å². The number of ether oxygens (including phenoxy) is 1. The molecule has 0 atom stereocenters. The molecule has 0 unspecified atom stereocenters. The van der Waals surface area contributed by atoms with E-state index in [4.69, 9.17) is 16.3 Å². The van der Waals surface area contributed by atoms with Crippen LogP contribution in [0.15, 0.2) is 17.6 Å². The van der Waals surface area contributed by atoms with E-state index in [1.54, 1.807) is 22.3 Å². The third kappa shape index (κ3) is 3.03. The Morgan fingerprint density at radius 1 is 1.55 bits per heavy atom. The summed E-state index contributed by atoms with van der Waals surface area (Å²) in [5, 5.41) is 6.48. The quantitative estimate of drug-likeness (QED) is 0.768. The number of carbonyl (C=O) groups excluding carboxylic acids is 1. The highest BCUT2D eigenvalue weighted by Gasteiger charge is 2.23. The van der Waals surface area contributed by atoms with E-state index >= 15 is 0 Å². The molecule has 0 spiro atoms. The fourth-order valence-corrected chi connectivity index (χ4v) is 2.86. The summed E-state index contributed by atoms with van der Waals surface area (Å²) in [4.78, 5) is 15.1. The van der Waals surface area contributed by atoms with Crippen molar-refractivity contribution in [3.05, 3.63) is 33.2 Å². The van der Waals surface area contributed by atoms with Crippen molar-refractivity contribution < 1.29 is 9.53 Å². The minimum Gasteiger partial charge on any atom is -0.493 e. The van der Waals surface area contributed by atoms with Crippen molar-refractivity contribution in [2.45, 2.75) is 6.54 Å². The van der Waals surface area contributed by atoms with Crippen LogP contribution in [0.2, 0.25) is 5.02 Å². The Labute approximate surface area is 126 Å². The number of likely N-dealkylation sites (N-methyl/N-ethyl adjacent to an activating group) is 1. The van der Waals surface area contributed by atoms with Crippen LogP contribution in [0.4, 0.5) is 0 Å². The Morgan fingerprint density at radius 3 is 2.85 bits per heavy atom. The fraction of sp³-hybridized carbons (Fsp3) is 0.385. The lowest BCUT2D eigenvalue weighted by Gasteiger charge is -2.11. The van der Waals surface area contributed by atoms with Gasteiger partial charge in [-0.2, -0.15) is 5.10 Å². The topological polar surface area (TPSA) is 47.4 Å². The second-order valence-corrected chi connectivity index (χ2v) is 5.84. The number of thiophene rings is 1. The van der Waals surface area contributed by atoms with Gasteiger partial charge in [0.15, 0.2) is 11.4 Å². The molecule has 0 fully saturated rings. The molecule has 20 heavy (non-hydrogen) atoms. The van der Waals surface area contributed by atoms with Crippen LogP contribution < -0.4 is 4.74 Å². The highest BCUT2D eigenvalue weighted by atomic mass is 35.5. The van der Waals surface area contributed by atoms with Crippen molar-refractivity contribution in [3.8, 4) is 5.75 Å². The van der Waals surface area contributed by atoms with Gasteiger partial charge < -0.3 is 9.64 Å². The van der Waals surface area contributed by atoms with Crippen LogP contribution in [0, 0.1) is 0 Å². The number of methoxy groups -OCH3 is 1. The number of hydrogen-bond donors (Lipinski definition) is 0. The summed E-state index contributed by atoms with van der Waals surface area (Å²) >= 11 is 7.36. The molecule has 108 valence electrons. The molecule has 0 aliphatic heterocycles. The average molecular weight is 314 g/mol. The molecule has 5 nitrogen and oxygen atoms in total. The van der Waals surface area contributed by atoms with Gasteiger partial charge in [-0.05, 0) is 25.5 Å². The Morgan fingerprint density at radius 2 is 2.30 bits per heavy atom. The van der Waals surface area contributed by atoms with Crippen molar-refractivity contribution in [1.29, 1.82) is 0 Å². The van der Waals surface area contributed by atoms with Gasteiger partial charge in [-0.1, -0.05) is 11.6 Å². The molecule has 2 rings (SSSR count). The molecule has 0 saturated carbocycles. The summed E-state index contributed by atoms with van der Waals surface area (Å²) < 4.78 is 6.90. The second-order valence-electron chi connectivity index (χ2n) is 4.51. The lowest BCUT2D eigenvalue weighted by Crippen LogP contribution is -2.21. The molecule has 2 aromatic heterocycles. The van der Waals surface area contributed by atoms with Crippen LogP contribution in [-0.4, -0.2) is 48.2 Å². The highest BCUT2D eigenvalue weighted by Crippen LogP contribution is 2.28. The van der Waals surface area contributed by atoms with Gasteiger partial charge in [0.05, 0.1) is 29.8 Å². The van der Waals surface area contributed by atoms with Gasteiger partial charge in [-0.25, -0.2) is 0 Å². The molecule has 0 amide bonds. The van der Waals surface area contributed by atoms with Crippen molar-refractivity contribution in [3.63, 3.8) is 0 Å². The van der Waals surface area contributed by atoms with Crippen LogP contribution >= 0.6 is 22.9 Å². The van der Waals surface area contributed by atoms with Crippen LogP contribution in [0.25, 0.3) is 0 Å². The molecule has 7 heteroatoms. The van der Waals surface area contributed by atoms with Crippen LogP contribution in [0.5, 0.6) is 5.75 Å². The smallest absolute Gasteiger partial charge is 0.226 e.